The zero-order chi connectivity index (χ0) is 12.6. The first-order valence-electron chi connectivity index (χ1n) is 7.30. The van der Waals surface area contributed by atoms with Crippen LogP contribution < -0.4 is 10.2 Å². The van der Waals surface area contributed by atoms with E-state index in [2.05, 4.69) is 34.3 Å². The van der Waals surface area contributed by atoms with Gasteiger partial charge in [-0.05, 0) is 43.5 Å². The molecule has 0 unspecified atom stereocenters. The predicted molar refractivity (Wildman–Crippen MR) is 76.9 cm³/mol. The van der Waals surface area contributed by atoms with Gasteiger partial charge in [-0.1, -0.05) is 19.8 Å². The lowest BCUT2D eigenvalue weighted by Gasteiger charge is -2.21. The van der Waals surface area contributed by atoms with E-state index in [1.54, 1.807) is 0 Å². The van der Waals surface area contributed by atoms with Crippen molar-refractivity contribution in [3.63, 3.8) is 0 Å². The summed E-state index contributed by atoms with van der Waals surface area (Å²) in [5.74, 6) is 1.16. The fourth-order valence-corrected chi connectivity index (χ4v) is 2.45. The van der Waals surface area contributed by atoms with Crippen molar-refractivity contribution >= 4 is 5.82 Å². The van der Waals surface area contributed by atoms with Crippen molar-refractivity contribution < 1.29 is 0 Å². The van der Waals surface area contributed by atoms with Crippen LogP contribution in [0.15, 0.2) is 18.3 Å². The number of hydrogen-bond acceptors (Lipinski definition) is 3. The Balaban J connectivity index is 1.96. The second kappa shape index (κ2) is 7.37. The minimum atomic E-state index is 0.956. The van der Waals surface area contributed by atoms with Crippen molar-refractivity contribution in [2.24, 2.45) is 0 Å². The van der Waals surface area contributed by atoms with E-state index in [1.165, 1.54) is 50.8 Å². The number of anilines is 1. The molecule has 2 heterocycles. The number of hydrogen-bond donors (Lipinski definition) is 1. The van der Waals surface area contributed by atoms with Gasteiger partial charge in [-0.3, -0.25) is 0 Å². The van der Waals surface area contributed by atoms with E-state index >= 15 is 0 Å². The molecule has 1 aliphatic rings. The molecule has 18 heavy (non-hydrogen) atoms. The number of rotatable bonds is 5. The van der Waals surface area contributed by atoms with Crippen LogP contribution in [0.5, 0.6) is 0 Å². The molecule has 1 N–H and O–H groups in total. The molecule has 1 aliphatic heterocycles. The topological polar surface area (TPSA) is 28.2 Å². The SMILES string of the molecule is CCCNCc1ccnc(N2CCCCCC2)c1. The second-order valence-corrected chi connectivity index (χ2v) is 5.10. The fourth-order valence-electron chi connectivity index (χ4n) is 2.45. The Hall–Kier alpha value is -1.09. The highest BCUT2D eigenvalue weighted by atomic mass is 15.2. The lowest BCUT2D eigenvalue weighted by molar-refractivity contribution is 0.674. The van der Waals surface area contributed by atoms with Crippen LogP contribution in [0.3, 0.4) is 0 Å². The summed E-state index contributed by atoms with van der Waals surface area (Å²) in [7, 11) is 0. The van der Waals surface area contributed by atoms with Gasteiger partial charge in [-0.2, -0.15) is 0 Å². The smallest absolute Gasteiger partial charge is 0.128 e. The lowest BCUT2D eigenvalue weighted by atomic mass is 10.2. The maximum atomic E-state index is 4.53. The molecule has 0 bridgehead atoms. The Morgan fingerprint density at radius 1 is 1.22 bits per heavy atom. The molecule has 1 aromatic heterocycles. The van der Waals surface area contributed by atoms with Crippen LogP contribution in [-0.2, 0) is 6.54 Å². The van der Waals surface area contributed by atoms with Crippen molar-refractivity contribution in [3.8, 4) is 0 Å². The molecule has 0 spiro atoms. The summed E-state index contributed by atoms with van der Waals surface area (Å²) < 4.78 is 0. The normalized spacial score (nSPS) is 16.6. The zero-order valence-corrected chi connectivity index (χ0v) is 11.5. The highest BCUT2D eigenvalue weighted by Gasteiger charge is 2.11. The third-order valence-corrected chi connectivity index (χ3v) is 3.50. The van der Waals surface area contributed by atoms with Gasteiger partial charge in [0.2, 0.25) is 0 Å². The van der Waals surface area contributed by atoms with Crippen molar-refractivity contribution in [1.29, 1.82) is 0 Å². The van der Waals surface area contributed by atoms with Gasteiger partial charge in [0.05, 0.1) is 0 Å². The number of nitrogens with one attached hydrogen (secondary N) is 1. The van der Waals surface area contributed by atoms with Crippen LogP contribution in [0, 0.1) is 0 Å². The van der Waals surface area contributed by atoms with E-state index in [1.807, 2.05) is 6.20 Å². The van der Waals surface area contributed by atoms with Crippen LogP contribution in [0.1, 0.15) is 44.6 Å². The van der Waals surface area contributed by atoms with Gasteiger partial charge in [0, 0.05) is 25.8 Å². The molecule has 3 nitrogen and oxygen atoms in total. The maximum absolute atomic E-state index is 4.53. The largest absolute Gasteiger partial charge is 0.357 e. The minimum Gasteiger partial charge on any atom is -0.357 e. The number of pyridine rings is 1. The average Bonchev–Trinajstić information content (AvgIpc) is 2.68. The van der Waals surface area contributed by atoms with Crippen LogP contribution >= 0.6 is 0 Å². The summed E-state index contributed by atoms with van der Waals surface area (Å²) >= 11 is 0. The minimum absolute atomic E-state index is 0.956. The molecule has 0 amide bonds. The third kappa shape index (κ3) is 3.98. The fraction of sp³-hybridized carbons (Fsp3) is 0.667. The van der Waals surface area contributed by atoms with Gasteiger partial charge in [-0.25, -0.2) is 4.98 Å². The Labute approximate surface area is 111 Å². The molecule has 1 saturated heterocycles. The summed E-state index contributed by atoms with van der Waals surface area (Å²) in [6.07, 6.45) is 8.48. The second-order valence-electron chi connectivity index (χ2n) is 5.10. The monoisotopic (exact) mass is 247 g/mol. The van der Waals surface area contributed by atoms with Gasteiger partial charge in [0.1, 0.15) is 5.82 Å². The highest BCUT2D eigenvalue weighted by Crippen LogP contribution is 2.18. The van der Waals surface area contributed by atoms with Crippen LogP contribution in [-0.4, -0.2) is 24.6 Å². The van der Waals surface area contributed by atoms with E-state index in [-0.39, 0.29) is 0 Å². The van der Waals surface area contributed by atoms with Gasteiger partial charge in [0.15, 0.2) is 0 Å². The Bertz CT molecular complexity index is 343. The highest BCUT2D eigenvalue weighted by molar-refractivity contribution is 5.41. The molecule has 0 aliphatic carbocycles. The molecular formula is C15H25N3. The molecule has 2 rings (SSSR count). The number of aromatic nitrogens is 1. The van der Waals surface area contributed by atoms with Gasteiger partial charge >= 0.3 is 0 Å². The molecule has 3 heteroatoms. The zero-order valence-electron chi connectivity index (χ0n) is 11.5. The summed E-state index contributed by atoms with van der Waals surface area (Å²) in [6, 6.07) is 4.36. The van der Waals surface area contributed by atoms with Crippen LogP contribution in [0.4, 0.5) is 5.82 Å². The Morgan fingerprint density at radius 2 is 2.00 bits per heavy atom. The van der Waals surface area contributed by atoms with Crippen molar-refractivity contribution in [2.75, 3.05) is 24.5 Å². The van der Waals surface area contributed by atoms with E-state index in [0.717, 1.165) is 18.9 Å². The number of nitrogens with zero attached hydrogens (tertiary/aromatic N) is 2. The van der Waals surface area contributed by atoms with Gasteiger partial charge < -0.3 is 10.2 Å². The van der Waals surface area contributed by atoms with Gasteiger partial charge in [0.25, 0.3) is 0 Å². The molecule has 0 saturated carbocycles. The Kier molecular flexibility index (Phi) is 5.46. The summed E-state index contributed by atoms with van der Waals surface area (Å²) in [4.78, 5) is 6.97. The lowest BCUT2D eigenvalue weighted by Crippen LogP contribution is -2.25. The van der Waals surface area contributed by atoms with E-state index in [0.29, 0.717) is 0 Å². The van der Waals surface area contributed by atoms with Crippen molar-refractivity contribution in [3.05, 3.63) is 23.9 Å². The van der Waals surface area contributed by atoms with Gasteiger partial charge in [-0.15, -0.1) is 0 Å². The molecule has 0 aromatic carbocycles. The maximum Gasteiger partial charge on any atom is 0.128 e. The first kappa shape index (κ1) is 13.3. The predicted octanol–water partition coefficient (Wildman–Crippen LogP) is 2.96. The summed E-state index contributed by atoms with van der Waals surface area (Å²) in [6.45, 7) is 6.57. The van der Waals surface area contributed by atoms with Crippen molar-refractivity contribution in [2.45, 2.75) is 45.6 Å². The molecule has 0 radical (unpaired) electrons. The quantitative estimate of drug-likeness (QED) is 0.811. The molecule has 0 atom stereocenters. The average molecular weight is 247 g/mol. The van der Waals surface area contributed by atoms with Crippen LogP contribution in [0.25, 0.3) is 0 Å². The Morgan fingerprint density at radius 3 is 2.72 bits per heavy atom. The standard InChI is InChI=1S/C15H25N3/c1-2-8-16-13-14-7-9-17-15(12-14)18-10-5-3-4-6-11-18/h7,9,12,16H,2-6,8,10-11,13H2,1H3. The van der Waals surface area contributed by atoms with E-state index in [9.17, 15) is 0 Å². The first-order chi connectivity index (χ1) is 8.90. The molecule has 1 fully saturated rings. The van der Waals surface area contributed by atoms with E-state index in [4.69, 9.17) is 0 Å². The van der Waals surface area contributed by atoms with E-state index < -0.39 is 0 Å². The summed E-state index contributed by atoms with van der Waals surface area (Å²) in [5.41, 5.74) is 1.35. The van der Waals surface area contributed by atoms with Crippen molar-refractivity contribution in [1.82, 2.24) is 10.3 Å². The van der Waals surface area contributed by atoms with Crippen LogP contribution in [0.2, 0.25) is 0 Å². The molecule has 1 aromatic rings. The molecular weight excluding hydrogens is 222 g/mol. The third-order valence-electron chi connectivity index (χ3n) is 3.50. The summed E-state index contributed by atoms with van der Waals surface area (Å²) in [5, 5.41) is 3.45. The first-order valence-corrected chi connectivity index (χ1v) is 7.30. The molecule has 100 valence electrons.